The average molecular weight is 307 g/mol. The molecule has 0 bridgehead atoms. The number of carbonyl (C=O) groups is 1. The average Bonchev–Trinajstić information content (AvgIpc) is 2.90. The van der Waals surface area contributed by atoms with E-state index in [1.807, 2.05) is 19.2 Å². The van der Waals surface area contributed by atoms with Gasteiger partial charge in [-0.15, -0.1) is 11.3 Å². The lowest BCUT2D eigenvalue weighted by atomic mass is 10.1. The van der Waals surface area contributed by atoms with Gasteiger partial charge in [-0.05, 0) is 24.1 Å². The second-order valence-electron chi connectivity index (χ2n) is 5.27. The minimum atomic E-state index is -0.357. The molecule has 5 heteroatoms. The number of rotatable bonds is 7. The van der Waals surface area contributed by atoms with Crippen molar-refractivity contribution in [3.05, 3.63) is 46.2 Å². The third-order valence-corrected chi connectivity index (χ3v) is 3.59. The van der Waals surface area contributed by atoms with Crippen LogP contribution in [0.15, 0.2) is 29.8 Å². The molecule has 0 amide bonds. The van der Waals surface area contributed by atoms with Crippen LogP contribution in [0.2, 0.25) is 0 Å². The first kappa shape index (κ1) is 15.6. The normalized spacial score (nSPS) is 10.9. The Morgan fingerprint density at radius 3 is 2.86 bits per heavy atom. The Morgan fingerprint density at radius 2 is 2.19 bits per heavy atom. The molecule has 0 radical (unpaired) electrons. The molecule has 1 heterocycles. The molecule has 0 saturated heterocycles. The highest BCUT2D eigenvalue weighted by atomic mass is 32.1. The molecule has 3 nitrogen and oxygen atoms in total. The number of nitrogens with zero attached hydrogens (tertiary/aromatic N) is 1. The zero-order valence-corrected chi connectivity index (χ0v) is 13.0. The molecular formula is C16H18FNO2S. The van der Waals surface area contributed by atoms with E-state index in [0.29, 0.717) is 23.8 Å². The zero-order valence-electron chi connectivity index (χ0n) is 12.1. The predicted octanol–water partition coefficient (Wildman–Crippen LogP) is 3.67. The summed E-state index contributed by atoms with van der Waals surface area (Å²) in [5.74, 6) is 0.598. The lowest BCUT2D eigenvalue weighted by Gasteiger charge is -2.13. The maximum absolute atomic E-state index is 13.4. The van der Waals surface area contributed by atoms with Crippen molar-refractivity contribution in [3.63, 3.8) is 0 Å². The SMILES string of the molecule is CC(C)COc1ccc(F)cc1CC(=O)Cc1nccs1. The van der Waals surface area contributed by atoms with E-state index < -0.39 is 0 Å². The van der Waals surface area contributed by atoms with E-state index in [-0.39, 0.29) is 24.4 Å². The van der Waals surface area contributed by atoms with Crippen LogP contribution >= 0.6 is 11.3 Å². The summed E-state index contributed by atoms with van der Waals surface area (Å²) in [5, 5.41) is 2.61. The van der Waals surface area contributed by atoms with E-state index in [0.717, 1.165) is 5.01 Å². The van der Waals surface area contributed by atoms with Crippen LogP contribution in [0.25, 0.3) is 0 Å². The van der Waals surface area contributed by atoms with Gasteiger partial charge in [-0.25, -0.2) is 9.37 Å². The van der Waals surface area contributed by atoms with Crippen LogP contribution in [0.3, 0.4) is 0 Å². The van der Waals surface area contributed by atoms with Gasteiger partial charge in [-0.1, -0.05) is 13.8 Å². The van der Waals surface area contributed by atoms with Crippen LogP contribution in [-0.4, -0.2) is 17.4 Å². The van der Waals surface area contributed by atoms with Crippen molar-refractivity contribution in [2.24, 2.45) is 5.92 Å². The Kier molecular flexibility index (Phi) is 5.44. The van der Waals surface area contributed by atoms with Crippen molar-refractivity contribution in [3.8, 4) is 5.75 Å². The lowest BCUT2D eigenvalue weighted by Crippen LogP contribution is -2.10. The Labute approximate surface area is 127 Å². The van der Waals surface area contributed by atoms with E-state index in [1.54, 1.807) is 12.3 Å². The van der Waals surface area contributed by atoms with Gasteiger partial charge in [0.1, 0.15) is 17.3 Å². The Hall–Kier alpha value is -1.75. The van der Waals surface area contributed by atoms with Gasteiger partial charge < -0.3 is 4.74 Å². The van der Waals surface area contributed by atoms with Gasteiger partial charge in [0.25, 0.3) is 0 Å². The fourth-order valence-electron chi connectivity index (χ4n) is 1.87. The van der Waals surface area contributed by atoms with Gasteiger partial charge in [0.2, 0.25) is 0 Å². The molecule has 0 unspecified atom stereocenters. The van der Waals surface area contributed by atoms with Gasteiger partial charge in [0.05, 0.1) is 18.0 Å². The Morgan fingerprint density at radius 1 is 1.38 bits per heavy atom. The summed E-state index contributed by atoms with van der Waals surface area (Å²) in [7, 11) is 0. The van der Waals surface area contributed by atoms with Crippen LogP contribution in [0, 0.1) is 11.7 Å². The molecule has 112 valence electrons. The van der Waals surface area contributed by atoms with Gasteiger partial charge in [0, 0.05) is 23.6 Å². The highest BCUT2D eigenvalue weighted by Crippen LogP contribution is 2.22. The number of ketones is 1. The van der Waals surface area contributed by atoms with Crippen molar-refractivity contribution in [1.29, 1.82) is 0 Å². The lowest BCUT2D eigenvalue weighted by molar-refractivity contribution is -0.117. The second kappa shape index (κ2) is 7.31. The predicted molar refractivity (Wildman–Crippen MR) is 81.3 cm³/mol. The fourth-order valence-corrected chi connectivity index (χ4v) is 2.51. The minimum absolute atomic E-state index is 0.00458. The van der Waals surface area contributed by atoms with E-state index in [4.69, 9.17) is 4.74 Å². The number of Topliss-reactive ketones (excluding diaryl/α,β-unsaturated/α-hetero) is 1. The van der Waals surface area contributed by atoms with E-state index in [9.17, 15) is 9.18 Å². The summed E-state index contributed by atoms with van der Waals surface area (Å²) < 4.78 is 19.1. The van der Waals surface area contributed by atoms with Gasteiger partial charge in [-0.2, -0.15) is 0 Å². The number of hydrogen-bond donors (Lipinski definition) is 0. The summed E-state index contributed by atoms with van der Waals surface area (Å²) in [6.07, 6.45) is 2.11. The van der Waals surface area contributed by atoms with Crippen molar-refractivity contribution >= 4 is 17.1 Å². The molecule has 0 aliphatic heterocycles. The first-order valence-corrected chi connectivity index (χ1v) is 7.74. The van der Waals surface area contributed by atoms with Crippen molar-refractivity contribution in [2.75, 3.05) is 6.61 Å². The molecule has 1 aromatic carbocycles. The summed E-state index contributed by atoms with van der Waals surface area (Å²) in [6.45, 7) is 4.62. The fraction of sp³-hybridized carbons (Fsp3) is 0.375. The van der Waals surface area contributed by atoms with Crippen molar-refractivity contribution in [2.45, 2.75) is 26.7 Å². The first-order valence-electron chi connectivity index (χ1n) is 6.86. The van der Waals surface area contributed by atoms with Gasteiger partial charge in [-0.3, -0.25) is 4.79 Å². The molecule has 2 rings (SSSR count). The van der Waals surface area contributed by atoms with E-state index in [2.05, 4.69) is 4.98 Å². The first-order chi connectivity index (χ1) is 10.0. The number of aromatic nitrogens is 1. The number of benzene rings is 1. The minimum Gasteiger partial charge on any atom is -0.493 e. The number of hydrogen-bond acceptors (Lipinski definition) is 4. The summed E-state index contributed by atoms with van der Waals surface area (Å²) in [6, 6.07) is 4.31. The Balaban J connectivity index is 2.06. The van der Waals surface area contributed by atoms with E-state index >= 15 is 0 Å². The van der Waals surface area contributed by atoms with Crippen LogP contribution in [-0.2, 0) is 17.6 Å². The van der Waals surface area contributed by atoms with Crippen LogP contribution in [0.5, 0.6) is 5.75 Å². The van der Waals surface area contributed by atoms with E-state index in [1.165, 1.54) is 23.5 Å². The quantitative estimate of drug-likeness (QED) is 0.783. The molecule has 0 aliphatic carbocycles. The van der Waals surface area contributed by atoms with Crippen LogP contribution in [0.4, 0.5) is 4.39 Å². The second-order valence-corrected chi connectivity index (χ2v) is 6.25. The highest BCUT2D eigenvalue weighted by molar-refractivity contribution is 7.09. The number of halogens is 1. The molecule has 0 N–H and O–H groups in total. The van der Waals surface area contributed by atoms with Crippen LogP contribution in [0.1, 0.15) is 24.4 Å². The topological polar surface area (TPSA) is 39.2 Å². The van der Waals surface area contributed by atoms with Crippen LogP contribution < -0.4 is 4.74 Å². The monoisotopic (exact) mass is 307 g/mol. The molecule has 2 aromatic rings. The van der Waals surface area contributed by atoms with Crippen molar-refractivity contribution < 1.29 is 13.9 Å². The smallest absolute Gasteiger partial charge is 0.144 e. The summed E-state index contributed by atoms with van der Waals surface area (Å²) >= 11 is 1.45. The highest BCUT2D eigenvalue weighted by Gasteiger charge is 2.12. The number of carbonyl (C=O) groups excluding carboxylic acids is 1. The molecule has 0 saturated carbocycles. The molecule has 0 aliphatic rings. The third-order valence-electron chi connectivity index (χ3n) is 2.81. The largest absolute Gasteiger partial charge is 0.493 e. The van der Waals surface area contributed by atoms with Gasteiger partial charge in [0.15, 0.2) is 0 Å². The molecule has 1 aromatic heterocycles. The third kappa shape index (κ3) is 4.93. The zero-order chi connectivity index (χ0) is 15.2. The summed E-state index contributed by atoms with van der Waals surface area (Å²) in [4.78, 5) is 16.2. The van der Waals surface area contributed by atoms with Gasteiger partial charge >= 0.3 is 0 Å². The standard InChI is InChI=1S/C16H18FNO2S/c1-11(2)10-20-15-4-3-13(17)7-12(15)8-14(19)9-16-18-5-6-21-16/h3-7,11H,8-10H2,1-2H3. The number of ether oxygens (including phenoxy) is 1. The Bertz CT molecular complexity index is 596. The van der Waals surface area contributed by atoms with Crippen molar-refractivity contribution in [1.82, 2.24) is 4.98 Å². The number of thiazole rings is 1. The molecule has 0 fully saturated rings. The maximum atomic E-state index is 13.4. The maximum Gasteiger partial charge on any atom is 0.144 e. The molecular weight excluding hydrogens is 289 g/mol. The molecule has 0 spiro atoms. The molecule has 0 atom stereocenters. The summed E-state index contributed by atoms with van der Waals surface area (Å²) in [5.41, 5.74) is 0.595. The molecule has 21 heavy (non-hydrogen) atoms.